The molecule has 0 saturated carbocycles. The quantitative estimate of drug-likeness (QED) is 0.295. The third-order valence-electron chi connectivity index (χ3n) is 0. The molecular formula is F4HoLi. The molecule has 6 heavy (non-hydrogen) atoms. The van der Waals surface area contributed by atoms with E-state index < -0.39 is 0 Å². The van der Waals surface area contributed by atoms with Crippen molar-refractivity contribution in [1.29, 1.82) is 0 Å². The minimum Gasteiger partial charge on any atom is -1.00 e. The van der Waals surface area contributed by atoms with E-state index in [1.807, 2.05) is 0 Å². The van der Waals surface area contributed by atoms with Gasteiger partial charge in [-0.1, -0.05) is 0 Å². The zero-order valence-corrected chi connectivity index (χ0v) is 4.75. The molecule has 0 amide bonds. The van der Waals surface area contributed by atoms with E-state index in [-0.39, 0.29) is 75.4 Å². The third kappa shape index (κ3) is 47.0. The zero-order chi connectivity index (χ0) is 0. The predicted molar refractivity (Wildman–Crippen MR) is 0 cm³/mol. The standard InChI is InChI=1S/4FH.Ho.Li/h4*1H;;/q;;;;+3;+1/p-4. The molecule has 0 heterocycles. The summed E-state index contributed by atoms with van der Waals surface area (Å²) < 4.78 is 0. The van der Waals surface area contributed by atoms with Crippen LogP contribution in [-0.2, 0) is 0 Å². The van der Waals surface area contributed by atoms with Gasteiger partial charge in [-0.05, 0) is 0 Å². The Kier molecular flexibility index (Phi) is 1810. The summed E-state index contributed by atoms with van der Waals surface area (Å²) in [4.78, 5) is 0. The van der Waals surface area contributed by atoms with Crippen LogP contribution in [0.1, 0.15) is 0 Å². The molecule has 0 spiro atoms. The Bertz CT molecular complexity index is 7.51. The van der Waals surface area contributed by atoms with E-state index in [0.29, 0.717) is 0 Å². The van der Waals surface area contributed by atoms with Crippen LogP contribution in [0.3, 0.4) is 0 Å². The van der Waals surface area contributed by atoms with Gasteiger partial charge in [-0.2, -0.15) is 0 Å². The molecule has 40 valence electrons. The SMILES string of the molecule is [F-].[F-].[F-].[F-].[Ho+3].[Li+]. The average molecular weight is 248 g/mol. The Balaban J connectivity index is 0. The molecule has 0 fully saturated rings. The molecular weight excluding hydrogens is 248 g/mol. The molecule has 0 radical (unpaired) electrons. The number of halogens is 4. The fourth-order valence-corrected chi connectivity index (χ4v) is 0. The van der Waals surface area contributed by atoms with Gasteiger partial charge in [-0.3, -0.25) is 0 Å². The van der Waals surface area contributed by atoms with Crippen LogP contribution in [0.4, 0.5) is 0 Å². The summed E-state index contributed by atoms with van der Waals surface area (Å²) in [5.41, 5.74) is 0. The van der Waals surface area contributed by atoms with Crippen molar-refractivity contribution in [3.63, 3.8) is 0 Å². The molecule has 0 aromatic carbocycles. The smallest absolute Gasteiger partial charge is 1.00 e. The monoisotopic (exact) mass is 248 g/mol. The van der Waals surface area contributed by atoms with Gasteiger partial charge in [0.1, 0.15) is 0 Å². The summed E-state index contributed by atoms with van der Waals surface area (Å²) in [6.45, 7) is 0. The van der Waals surface area contributed by atoms with Crippen molar-refractivity contribution in [3.8, 4) is 0 Å². The maximum Gasteiger partial charge on any atom is 3.00 e. The summed E-state index contributed by atoms with van der Waals surface area (Å²) in [7, 11) is 0. The second-order valence-electron chi connectivity index (χ2n) is 0. The van der Waals surface area contributed by atoms with Gasteiger partial charge in [-0.25, -0.2) is 0 Å². The number of hydrogen-bond acceptors (Lipinski definition) is 0. The van der Waals surface area contributed by atoms with Gasteiger partial charge in [0.25, 0.3) is 0 Å². The summed E-state index contributed by atoms with van der Waals surface area (Å²) >= 11 is 0. The summed E-state index contributed by atoms with van der Waals surface area (Å²) in [5.74, 6) is 0. The van der Waals surface area contributed by atoms with Crippen LogP contribution >= 0.6 is 0 Å². The van der Waals surface area contributed by atoms with E-state index in [9.17, 15) is 0 Å². The number of hydrogen-bond donors (Lipinski definition) is 0. The summed E-state index contributed by atoms with van der Waals surface area (Å²) in [6.07, 6.45) is 0. The molecule has 0 bridgehead atoms. The van der Waals surface area contributed by atoms with Crippen molar-refractivity contribution in [2.75, 3.05) is 0 Å². The first-order valence-corrected chi connectivity index (χ1v) is 0. The van der Waals surface area contributed by atoms with Gasteiger partial charge in [0.2, 0.25) is 0 Å². The Morgan fingerprint density at radius 3 is 0.500 bits per heavy atom. The van der Waals surface area contributed by atoms with Crippen LogP contribution in [0.5, 0.6) is 0 Å². The molecule has 0 atom stereocenters. The van der Waals surface area contributed by atoms with Gasteiger partial charge in [0.05, 0.1) is 0 Å². The van der Waals surface area contributed by atoms with Crippen molar-refractivity contribution in [3.05, 3.63) is 0 Å². The Morgan fingerprint density at radius 1 is 0.500 bits per heavy atom. The first-order chi connectivity index (χ1) is 0. The topological polar surface area (TPSA) is 0 Å². The van der Waals surface area contributed by atoms with Gasteiger partial charge < -0.3 is 18.8 Å². The van der Waals surface area contributed by atoms with Crippen LogP contribution in [0.15, 0.2) is 0 Å². The first kappa shape index (κ1) is 132. The Labute approximate surface area is 74.7 Å². The average Bonchev–Trinajstić information content (AvgIpc) is 0. The molecule has 0 saturated heterocycles. The van der Waals surface area contributed by atoms with E-state index >= 15 is 0 Å². The molecule has 0 unspecified atom stereocenters. The first-order valence-electron chi connectivity index (χ1n) is 0. The molecule has 0 nitrogen and oxygen atoms in total. The second kappa shape index (κ2) is 82.2. The van der Waals surface area contributed by atoms with E-state index in [1.54, 1.807) is 0 Å². The van der Waals surface area contributed by atoms with Crippen molar-refractivity contribution < 1.29 is 75.4 Å². The molecule has 0 aliphatic carbocycles. The van der Waals surface area contributed by atoms with Crippen LogP contribution in [0, 0.1) is 37.7 Å². The maximum absolute atomic E-state index is 0. The van der Waals surface area contributed by atoms with Gasteiger partial charge >= 0.3 is 56.6 Å². The van der Waals surface area contributed by atoms with Gasteiger partial charge in [-0.15, -0.1) is 0 Å². The predicted octanol–water partition coefficient (Wildman–Crippen LogP) is -15.0. The molecule has 0 rings (SSSR count). The fraction of sp³-hybridized carbons (Fsp3) is 0. The Morgan fingerprint density at radius 2 is 0.500 bits per heavy atom. The van der Waals surface area contributed by atoms with E-state index in [4.69, 9.17) is 0 Å². The van der Waals surface area contributed by atoms with Gasteiger partial charge in [0.15, 0.2) is 0 Å². The van der Waals surface area contributed by atoms with Gasteiger partial charge in [0, 0.05) is 0 Å². The van der Waals surface area contributed by atoms with E-state index in [1.165, 1.54) is 0 Å². The number of rotatable bonds is 0. The van der Waals surface area contributed by atoms with Crippen molar-refractivity contribution in [2.45, 2.75) is 0 Å². The largest absolute Gasteiger partial charge is 3.00 e. The molecule has 0 aromatic rings. The normalized spacial score (nSPS) is 0. The fourth-order valence-electron chi connectivity index (χ4n) is 0. The second-order valence-corrected chi connectivity index (χ2v) is 0. The molecule has 0 aliphatic rings. The van der Waals surface area contributed by atoms with Crippen LogP contribution < -0.4 is 37.7 Å². The van der Waals surface area contributed by atoms with Crippen molar-refractivity contribution >= 4 is 0 Å². The summed E-state index contributed by atoms with van der Waals surface area (Å²) in [6, 6.07) is 0. The zero-order valence-electron chi connectivity index (χ0n) is 2.81. The van der Waals surface area contributed by atoms with Crippen LogP contribution in [-0.4, -0.2) is 0 Å². The van der Waals surface area contributed by atoms with Crippen molar-refractivity contribution in [1.82, 2.24) is 0 Å². The van der Waals surface area contributed by atoms with Crippen molar-refractivity contribution in [2.24, 2.45) is 0 Å². The molecule has 0 aromatic heterocycles. The van der Waals surface area contributed by atoms with E-state index in [2.05, 4.69) is 0 Å². The molecule has 0 N–H and O–H groups in total. The molecule has 0 aliphatic heterocycles. The minimum atomic E-state index is 0. The summed E-state index contributed by atoms with van der Waals surface area (Å²) in [5, 5.41) is 0. The Hall–Kier alpha value is 1.58. The van der Waals surface area contributed by atoms with E-state index in [0.717, 1.165) is 0 Å². The molecule has 6 heteroatoms. The third-order valence-corrected chi connectivity index (χ3v) is 0. The maximum atomic E-state index is 0. The van der Waals surface area contributed by atoms with Crippen LogP contribution in [0.2, 0.25) is 0 Å². The minimum absolute atomic E-state index is 0. The van der Waals surface area contributed by atoms with Crippen LogP contribution in [0.25, 0.3) is 0 Å².